The first-order chi connectivity index (χ1) is 12.6. The molecule has 4 heteroatoms. The smallest absolute Gasteiger partial charge is 0.124 e. The molecule has 134 valence electrons. The molecule has 0 fully saturated rings. The summed E-state index contributed by atoms with van der Waals surface area (Å²) in [7, 11) is 0. The van der Waals surface area contributed by atoms with E-state index in [4.69, 9.17) is 16.3 Å². The first-order valence-corrected chi connectivity index (χ1v) is 9.79. The first-order valence-electron chi connectivity index (χ1n) is 8.62. The first kappa shape index (κ1) is 18.8. The lowest BCUT2D eigenvalue weighted by molar-refractivity contribution is 0.303. The van der Waals surface area contributed by atoms with Gasteiger partial charge in [0.25, 0.3) is 0 Å². The van der Waals surface area contributed by atoms with Gasteiger partial charge in [-0.3, -0.25) is 0 Å². The van der Waals surface area contributed by atoms with Gasteiger partial charge in [-0.2, -0.15) is 0 Å². The monoisotopic (exact) mass is 429 g/mol. The third-order valence-electron chi connectivity index (χ3n) is 4.18. The van der Waals surface area contributed by atoms with E-state index in [2.05, 4.69) is 58.5 Å². The lowest BCUT2D eigenvalue weighted by Crippen LogP contribution is -2.04. The van der Waals surface area contributed by atoms with Crippen LogP contribution in [0.5, 0.6) is 5.75 Å². The van der Waals surface area contributed by atoms with Crippen molar-refractivity contribution in [2.75, 3.05) is 5.32 Å². The molecule has 0 aliphatic carbocycles. The summed E-state index contributed by atoms with van der Waals surface area (Å²) in [4.78, 5) is 0. The lowest BCUT2D eigenvalue weighted by Gasteiger charge is -2.14. The molecular formula is C22H21BrClNO. The fraction of sp³-hybridized carbons (Fsp3) is 0.182. The van der Waals surface area contributed by atoms with Crippen molar-refractivity contribution in [3.05, 3.63) is 92.9 Å². The highest BCUT2D eigenvalue weighted by molar-refractivity contribution is 9.10. The quantitative estimate of drug-likeness (QED) is 0.442. The average molecular weight is 431 g/mol. The van der Waals surface area contributed by atoms with Crippen molar-refractivity contribution < 1.29 is 4.74 Å². The lowest BCUT2D eigenvalue weighted by atomic mass is 10.1. The normalized spacial score (nSPS) is 10.6. The van der Waals surface area contributed by atoms with Gasteiger partial charge >= 0.3 is 0 Å². The van der Waals surface area contributed by atoms with E-state index >= 15 is 0 Å². The number of hydrogen-bond donors (Lipinski definition) is 1. The minimum absolute atomic E-state index is 0.511. The molecule has 0 atom stereocenters. The molecular weight excluding hydrogens is 410 g/mol. The molecule has 0 aliphatic rings. The molecule has 26 heavy (non-hydrogen) atoms. The van der Waals surface area contributed by atoms with Crippen LogP contribution in [-0.4, -0.2) is 0 Å². The van der Waals surface area contributed by atoms with Gasteiger partial charge in [0.2, 0.25) is 0 Å². The van der Waals surface area contributed by atoms with Crippen molar-refractivity contribution in [3.63, 3.8) is 0 Å². The summed E-state index contributed by atoms with van der Waals surface area (Å²) in [6.45, 7) is 3.37. The largest absolute Gasteiger partial charge is 0.489 e. The van der Waals surface area contributed by atoms with Crippen LogP contribution in [0.4, 0.5) is 5.69 Å². The Labute approximate surface area is 168 Å². The summed E-state index contributed by atoms with van der Waals surface area (Å²) in [6.07, 6.45) is 1.05. The molecule has 0 unspecified atom stereocenters. The van der Waals surface area contributed by atoms with E-state index in [0.29, 0.717) is 13.2 Å². The molecule has 0 aliphatic heterocycles. The summed E-state index contributed by atoms with van der Waals surface area (Å²) >= 11 is 9.48. The Morgan fingerprint density at radius 2 is 1.62 bits per heavy atom. The van der Waals surface area contributed by atoms with Gasteiger partial charge in [0, 0.05) is 27.3 Å². The van der Waals surface area contributed by atoms with Crippen molar-refractivity contribution >= 4 is 33.2 Å². The molecule has 1 N–H and O–H groups in total. The molecule has 0 radical (unpaired) electrons. The number of ether oxygens (including phenoxy) is 1. The molecule has 3 aromatic rings. The van der Waals surface area contributed by atoms with Gasteiger partial charge < -0.3 is 10.1 Å². The molecule has 3 aromatic carbocycles. The predicted molar refractivity (Wildman–Crippen MR) is 113 cm³/mol. The fourth-order valence-corrected chi connectivity index (χ4v) is 3.16. The second kappa shape index (κ2) is 9.11. The van der Waals surface area contributed by atoms with Gasteiger partial charge in [0.15, 0.2) is 0 Å². The third-order valence-corrected chi connectivity index (χ3v) is 4.92. The molecule has 0 heterocycles. The van der Waals surface area contributed by atoms with Crippen LogP contribution in [0.25, 0.3) is 0 Å². The van der Waals surface area contributed by atoms with Crippen molar-refractivity contribution in [1.82, 2.24) is 0 Å². The number of rotatable bonds is 7. The second-order valence-corrected chi connectivity index (χ2v) is 7.42. The maximum atomic E-state index is 6.04. The van der Waals surface area contributed by atoms with Crippen LogP contribution >= 0.6 is 27.5 Å². The van der Waals surface area contributed by atoms with Gasteiger partial charge in [0.1, 0.15) is 12.4 Å². The molecule has 2 nitrogen and oxygen atoms in total. The minimum Gasteiger partial charge on any atom is -0.489 e. The van der Waals surface area contributed by atoms with Crippen molar-refractivity contribution in [3.8, 4) is 5.75 Å². The fourth-order valence-electron chi connectivity index (χ4n) is 2.62. The van der Waals surface area contributed by atoms with E-state index in [1.54, 1.807) is 0 Å². The van der Waals surface area contributed by atoms with Crippen LogP contribution in [-0.2, 0) is 19.6 Å². The molecule has 3 rings (SSSR count). The number of hydrogen-bond acceptors (Lipinski definition) is 2. The summed E-state index contributed by atoms with van der Waals surface area (Å²) < 4.78 is 7.08. The minimum atomic E-state index is 0.511. The maximum absolute atomic E-state index is 6.04. The molecule has 0 bridgehead atoms. The Kier molecular flexibility index (Phi) is 6.59. The average Bonchev–Trinajstić information content (AvgIpc) is 2.67. The Hall–Kier alpha value is -1.97. The van der Waals surface area contributed by atoms with Crippen LogP contribution in [0.3, 0.4) is 0 Å². The highest BCUT2D eigenvalue weighted by Crippen LogP contribution is 2.25. The standard InChI is InChI=1S/C22H21BrClNO/c1-2-16-5-10-21(11-6-16)25-14-18-13-19(23)7-12-22(18)26-15-17-3-8-20(24)9-4-17/h3-13,25H,2,14-15H2,1H3. The molecule has 0 saturated carbocycles. The molecule has 0 saturated heterocycles. The van der Waals surface area contributed by atoms with Gasteiger partial charge in [-0.15, -0.1) is 0 Å². The van der Waals surface area contributed by atoms with E-state index in [-0.39, 0.29) is 0 Å². The van der Waals surface area contributed by atoms with E-state index in [9.17, 15) is 0 Å². The molecule has 0 amide bonds. The Morgan fingerprint density at radius 3 is 2.31 bits per heavy atom. The third kappa shape index (κ3) is 5.26. The van der Waals surface area contributed by atoms with E-state index < -0.39 is 0 Å². The van der Waals surface area contributed by atoms with Crippen molar-refractivity contribution in [1.29, 1.82) is 0 Å². The van der Waals surface area contributed by atoms with E-state index in [1.165, 1.54) is 5.56 Å². The number of anilines is 1. The topological polar surface area (TPSA) is 21.3 Å². The van der Waals surface area contributed by atoms with Crippen LogP contribution in [0.1, 0.15) is 23.6 Å². The van der Waals surface area contributed by atoms with Gasteiger partial charge in [0.05, 0.1) is 0 Å². The second-order valence-electron chi connectivity index (χ2n) is 6.07. The Bertz CT molecular complexity index is 847. The zero-order chi connectivity index (χ0) is 18.4. The number of aryl methyl sites for hydroxylation is 1. The van der Waals surface area contributed by atoms with Crippen LogP contribution in [0.2, 0.25) is 5.02 Å². The van der Waals surface area contributed by atoms with Gasteiger partial charge in [-0.05, 0) is 60.0 Å². The number of nitrogens with one attached hydrogen (secondary N) is 1. The van der Waals surface area contributed by atoms with Gasteiger partial charge in [-0.25, -0.2) is 0 Å². The summed E-state index contributed by atoms with van der Waals surface area (Å²) in [5.41, 5.74) is 4.63. The SMILES string of the molecule is CCc1ccc(NCc2cc(Br)ccc2OCc2ccc(Cl)cc2)cc1. The predicted octanol–water partition coefficient (Wildman–Crippen LogP) is 6.86. The Morgan fingerprint density at radius 1 is 0.923 bits per heavy atom. The van der Waals surface area contributed by atoms with Crippen molar-refractivity contribution in [2.45, 2.75) is 26.5 Å². The zero-order valence-corrected chi connectivity index (χ0v) is 17.0. The van der Waals surface area contributed by atoms with E-state index in [0.717, 1.165) is 38.5 Å². The van der Waals surface area contributed by atoms with Crippen molar-refractivity contribution in [2.24, 2.45) is 0 Å². The van der Waals surface area contributed by atoms with Gasteiger partial charge in [-0.1, -0.05) is 58.7 Å². The highest BCUT2D eigenvalue weighted by Gasteiger charge is 2.06. The molecule has 0 aromatic heterocycles. The van der Waals surface area contributed by atoms with Crippen LogP contribution in [0.15, 0.2) is 71.2 Å². The summed E-state index contributed by atoms with van der Waals surface area (Å²) in [5, 5.41) is 4.20. The summed E-state index contributed by atoms with van der Waals surface area (Å²) in [6, 6.07) is 22.3. The van der Waals surface area contributed by atoms with Crippen LogP contribution < -0.4 is 10.1 Å². The zero-order valence-electron chi connectivity index (χ0n) is 14.6. The Balaban J connectivity index is 1.67. The van der Waals surface area contributed by atoms with E-state index in [1.807, 2.05) is 36.4 Å². The van der Waals surface area contributed by atoms with Crippen LogP contribution in [0, 0.1) is 0 Å². The highest BCUT2D eigenvalue weighted by atomic mass is 79.9. The summed E-state index contributed by atoms with van der Waals surface area (Å²) in [5.74, 6) is 0.876. The number of halogens is 2. The maximum Gasteiger partial charge on any atom is 0.124 e. The molecule has 0 spiro atoms. The number of benzene rings is 3.